The van der Waals surface area contributed by atoms with Gasteiger partial charge in [-0.25, -0.2) is 0 Å². The van der Waals surface area contributed by atoms with Crippen molar-refractivity contribution in [2.45, 2.75) is 19.9 Å². The molecule has 0 radical (unpaired) electrons. The second-order valence-corrected chi connectivity index (χ2v) is 6.40. The van der Waals surface area contributed by atoms with Gasteiger partial charge in [-0.1, -0.05) is 24.3 Å². The Hall–Kier alpha value is -3.54. The number of benzene rings is 2. The molecule has 1 heterocycles. The van der Waals surface area contributed by atoms with Crippen LogP contribution in [0.5, 0.6) is 5.75 Å². The van der Waals surface area contributed by atoms with Gasteiger partial charge in [0.1, 0.15) is 5.75 Å². The van der Waals surface area contributed by atoms with Gasteiger partial charge in [-0.3, -0.25) is 9.59 Å². The number of nitrogens with one attached hydrogen (secondary N) is 2. The maximum Gasteiger partial charge on any atom is 0.291 e. The van der Waals surface area contributed by atoms with Gasteiger partial charge in [0.15, 0.2) is 5.76 Å². The van der Waals surface area contributed by atoms with Crippen LogP contribution in [-0.2, 0) is 0 Å². The first kappa shape index (κ1) is 19.2. The third kappa shape index (κ3) is 4.23. The Morgan fingerprint density at radius 2 is 1.82 bits per heavy atom. The Bertz CT molecular complexity index is 980. The Kier molecular flexibility index (Phi) is 5.79. The summed E-state index contributed by atoms with van der Waals surface area (Å²) in [6.45, 7) is 3.75. The maximum atomic E-state index is 12.7. The molecule has 6 heteroatoms. The molecule has 0 fully saturated rings. The van der Waals surface area contributed by atoms with Gasteiger partial charge in [-0.05, 0) is 49.7 Å². The Morgan fingerprint density at radius 1 is 1.04 bits per heavy atom. The standard InChI is InChI=1S/C22H22N2O4/c1-14-10-11-16(13-18(14)24-22(26)20-9-6-12-28-20)21(25)23-15(2)17-7-4-5-8-19(17)27-3/h4-13,15H,1-3H3,(H,23,25)(H,24,26). The summed E-state index contributed by atoms with van der Waals surface area (Å²) in [4.78, 5) is 24.9. The lowest BCUT2D eigenvalue weighted by atomic mass is 10.1. The van der Waals surface area contributed by atoms with Crippen LogP contribution in [0.1, 0.15) is 45.0 Å². The molecule has 2 amide bonds. The van der Waals surface area contributed by atoms with Gasteiger partial charge in [0.05, 0.1) is 19.4 Å². The van der Waals surface area contributed by atoms with Crippen LogP contribution in [0.15, 0.2) is 65.3 Å². The van der Waals surface area contributed by atoms with Crippen LogP contribution in [0.4, 0.5) is 5.69 Å². The number of aryl methyl sites for hydroxylation is 1. The fourth-order valence-electron chi connectivity index (χ4n) is 2.87. The van der Waals surface area contributed by atoms with Crippen LogP contribution < -0.4 is 15.4 Å². The zero-order valence-corrected chi connectivity index (χ0v) is 16.0. The smallest absolute Gasteiger partial charge is 0.291 e. The maximum absolute atomic E-state index is 12.7. The molecule has 0 aliphatic carbocycles. The van der Waals surface area contributed by atoms with Gasteiger partial charge in [0, 0.05) is 16.8 Å². The zero-order valence-electron chi connectivity index (χ0n) is 16.0. The molecule has 144 valence electrons. The first-order chi connectivity index (χ1) is 13.5. The molecule has 0 bridgehead atoms. The normalized spacial score (nSPS) is 11.5. The van der Waals surface area contributed by atoms with Gasteiger partial charge < -0.3 is 19.8 Å². The highest BCUT2D eigenvalue weighted by Gasteiger charge is 2.17. The average Bonchev–Trinajstić information content (AvgIpc) is 3.24. The van der Waals surface area contributed by atoms with Gasteiger partial charge in [0.25, 0.3) is 11.8 Å². The molecule has 1 aromatic heterocycles. The molecule has 0 aliphatic rings. The lowest BCUT2D eigenvalue weighted by Gasteiger charge is -2.18. The van der Waals surface area contributed by atoms with E-state index in [0.29, 0.717) is 17.0 Å². The highest BCUT2D eigenvalue weighted by molar-refractivity contribution is 6.04. The lowest BCUT2D eigenvalue weighted by Crippen LogP contribution is -2.27. The monoisotopic (exact) mass is 378 g/mol. The van der Waals surface area contributed by atoms with E-state index in [4.69, 9.17) is 9.15 Å². The second-order valence-electron chi connectivity index (χ2n) is 6.40. The van der Waals surface area contributed by atoms with E-state index in [9.17, 15) is 9.59 Å². The summed E-state index contributed by atoms with van der Waals surface area (Å²) in [7, 11) is 1.60. The number of furan rings is 1. The number of para-hydroxylation sites is 1. The minimum atomic E-state index is -0.368. The highest BCUT2D eigenvalue weighted by atomic mass is 16.5. The van der Waals surface area contributed by atoms with Gasteiger partial charge in [0.2, 0.25) is 0 Å². The molecular formula is C22H22N2O4. The third-order valence-electron chi connectivity index (χ3n) is 4.45. The van der Waals surface area contributed by atoms with Crippen LogP contribution in [0.25, 0.3) is 0 Å². The van der Waals surface area contributed by atoms with Crippen LogP contribution in [0.2, 0.25) is 0 Å². The molecule has 3 aromatic rings. The third-order valence-corrected chi connectivity index (χ3v) is 4.45. The Labute approximate surface area is 163 Å². The van der Waals surface area contributed by atoms with E-state index in [2.05, 4.69) is 10.6 Å². The largest absolute Gasteiger partial charge is 0.496 e. The number of carbonyl (C=O) groups excluding carboxylic acids is 2. The van der Waals surface area contributed by atoms with Crippen molar-refractivity contribution in [1.29, 1.82) is 0 Å². The molecule has 1 atom stereocenters. The predicted octanol–water partition coefficient (Wildman–Crippen LogP) is 4.34. The van der Waals surface area contributed by atoms with Gasteiger partial charge in [-0.2, -0.15) is 0 Å². The molecule has 28 heavy (non-hydrogen) atoms. The fraction of sp³-hybridized carbons (Fsp3) is 0.182. The topological polar surface area (TPSA) is 80.6 Å². The van der Waals surface area contributed by atoms with E-state index in [1.807, 2.05) is 38.1 Å². The Balaban J connectivity index is 1.76. The van der Waals surface area contributed by atoms with E-state index in [-0.39, 0.29) is 23.6 Å². The molecular weight excluding hydrogens is 356 g/mol. The summed E-state index contributed by atoms with van der Waals surface area (Å²) in [6, 6.07) is 15.7. The van der Waals surface area contributed by atoms with E-state index in [0.717, 1.165) is 11.1 Å². The number of rotatable bonds is 6. The summed E-state index contributed by atoms with van der Waals surface area (Å²) in [6.07, 6.45) is 1.44. The second kappa shape index (κ2) is 8.43. The van der Waals surface area contributed by atoms with Crippen molar-refractivity contribution >= 4 is 17.5 Å². The van der Waals surface area contributed by atoms with Crippen molar-refractivity contribution in [2.75, 3.05) is 12.4 Å². The summed E-state index contributed by atoms with van der Waals surface area (Å²) >= 11 is 0. The molecule has 3 rings (SSSR count). The van der Waals surface area contributed by atoms with Crippen molar-refractivity contribution in [2.24, 2.45) is 0 Å². The SMILES string of the molecule is COc1ccccc1C(C)NC(=O)c1ccc(C)c(NC(=O)c2ccco2)c1. The molecule has 2 aromatic carbocycles. The summed E-state index contributed by atoms with van der Waals surface area (Å²) in [5.74, 6) is 0.310. The van der Waals surface area contributed by atoms with Crippen molar-refractivity contribution < 1.29 is 18.7 Å². The number of hydrogen-bond acceptors (Lipinski definition) is 4. The quantitative estimate of drug-likeness (QED) is 0.669. The number of carbonyl (C=O) groups is 2. The van der Waals surface area contributed by atoms with Crippen molar-refractivity contribution in [3.8, 4) is 5.75 Å². The summed E-state index contributed by atoms with van der Waals surface area (Å²) in [5, 5.41) is 5.74. The minimum Gasteiger partial charge on any atom is -0.496 e. The molecule has 0 aliphatic heterocycles. The molecule has 0 saturated carbocycles. The lowest BCUT2D eigenvalue weighted by molar-refractivity contribution is 0.0937. The van der Waals surface area contributed by atoms with Gasteiger partial charge in [-0.15, -0.1) is 0 Å². The predicted molar refractivity (Wildman–Crippen MR) is 107 cm³/mol. The number of methoxy groups -OCH3 is 1. The van der Waals surface area contributed by atoms with E-state index in [1.54, 1.807) is 37.4 Å². The molecule has 6 nitrogen and oxygen atoms in total. The summed E-state index contributed by atoms with van der Waals surface area (Å²) < 4.78 is 10.5. The molecule has 1 unspecified atom stereocenters. The van der Waals surface area contributed by atoms with Gasteiger partial charge >= 0.3 is 0 Å². The summed E-state index contributed by atoms with van der Waals surface area (Å²) in [5.41, 5.74) is 2.73. The van der Waals surface area contributed by atoms with Crippen LogP contribution in [0, 0.1) is 6.92 Å². The van der Waals surface area contributed by atoms with E-state index < -0.39 is 0 Å². The first-order valence-electron chi connectivity index (χ1n) is 8.89. The van der Waals surface area contributed by atoms with Crippen LogP contribution >= 0.6 is 0 Å². The van der Waals surface area contributed by atoms with E-state index in [1.165, 1.54) is 6.26 Å². The molecule has 0 saturated heterocycles. The Morgan fingerprint density at radius 3 is 2.54 bits per heavy atom. The number of anilines is 1. The van der Waals surface area contributed by atoms with Crippen molar-refractivity contribution in [1.82, 2.24) is 5.32 Å². The molecule has 2 N–H and O–H groups in total. The molecule has 0 spiro atoms. The first-order valence-corrected chi connectivity index (χ1v) is 8.89. The van der Waals surface area contributed by atoms with E-state index >= 15 is 0 Å². The zero-order chi connectivity index (χ0) is 20.1. The van der Waals surface area contributed by atoms with Crippen LogP contribution in [0.3, 0.4) is 0 Å². The average molecular weight is 378 g/mol. The van der Waals surface area contributed by atoms with Crippen molar-refractivity contribution in [3.05, 3.63) is 83.3 Å². The number of ether oxygens (including phenoxy) is 1. The highest BCUT2D eigenvalue weighted by Crippen LogP contribution is 2.25. The van der Waals surface area contributed by atoms with Crippen LogP contribution in [-0.4, -0.2) is 18.9 Å². The minimum absolute atomic E-state index is 0.207. The van der Waals surface area contributed by atoms with Crippen molar-refractivity contribution in [3.63, 3.8) is 0 Å². The number of hydrogen-bond donors (Lipinski definition) is 2. The number of amides is 2. The fourth-order valence-corrected chi connectivity index (χ4v) is 2.87.